The highest BCUT2D eigenvalue weighted by molar-refractivity contribution is 7.09. The van der Waals surface area contributed by atoms with Crippen molar-refractivity contribution in [3.8, 4) is 5.75 Å². The lowest BCUT2D eigenvalue weighted by Gasteiger charge is -2.32. The number of aromatic nitrogens is 1. The van der Waals surface area contributed by atoms with Crippen molar-refractivity contribution >= 4 is 17.4 Å². The summed E-state index contributed by atoms with van der Waals surface area (Å²) in [5, 5.41) is 5.99. The molecule has 0 saturated heterocycles. The average Bonchev–Trinajstić information content (AvgIpc) is 3.06. The van der Waals surface area contributed by atoms with Gasteiger partial charge in [0, 0.05) is 17.0 Å². The van der Waals surface area contributed by atoms with Gasteiger partial charge in [0.2, 0.25) is 0 Å². The summed E-state index contributed by atoms with van der Waals surface area (Å²) >= 11 is 1.57. The maximum atomic E-state index is 12.7. The standard InChI is InChI=1S/C22H33N3O2S/c1-8-16(3)25(21(26)24-22(5,6)7)12-18-14-28-20(23-18)13-27-19-11-9-10-15(2)17(19)4/h9-11,14,16H,8,12-13H2,1-7H3,(H,24,26)/t16-/m0/s1. The lowest BCUT2D eigenvalue weighted by Crippen LogP contribution is -2.50. The molecule has 28 heavy (non-hydrogen) atoms. The van der Waals surface area contributed by atoms with Crippen molar-refractivity contribution < 1.29 is 9.53 Å². The molecule has 0 fully saturated rings. The van der Waals surface area contributed by atoms with Crippen molar-refractivity contribution in [2.24, 2.45) is 0 Å². The van der Waals surface area contributed by atoms with Gasteiger partial charge in [0.05, 0.1) is 12.2 Å². The van der Waals surface area contributed by atoms with E-state index < -0.39 is 0 Å². The third-order valence-corrected chi connectivity index (χ3v) is 5.57. The van der Waals surface area contributed by atoms with Crippen LogP contribution in [0.15, 0.2) is 23.6 Å². The summed E-state index contributed by atoms with van der Waals surface area (Å²) in [6, 6.07) is 6.15. The summed E-state index contributed by atoms with van der Waals surface area (Å²) in [7, 11) is 0. The number of carbonyl (C=O) groups is 1. The predicted octanol–water partition coefficient (Wildman–Crippen LogP) is 5.45. The fourth-order valence-corrected chi connectivity index (χ4v) is 3.42. The minimum absolute atomic E-state index is 0.0527. The molecule has 0 saturated carbocycles. The number of thiazole rings is 1. The number of nitrogens with zero attached hydrogens (tertiary/aromatic N) is 2. The molecule has 1 atom stereocenters. The second-order valence-corrected chi connectivity index (χ2v) is 9.23. The molecule has 6 heteroatoms. The fraction of sp³-hybridized carbons (Fsp3) is 0.545. The van der Waals surface area contributed by atoms with Crippen LogP contribution in [0.5, 0.6) is 5.75 Å². The van der Waals surface area contributed by atoms with Crippen LogP contribution in [-0.2, 0) is 13.2 Å². The fourth-order valence-electron chi connectivity index (χ4n) is 2.72. The van der Waals surface area contributed by atoms with Crippen molar-refractivity contribution in [1.29, 1.82) is 0 Å². The first-order chi connectivity index (χ1) is 13.1. The van der Waals surface area contributed by atoms with Gasteiger partial charge in [0.25, 0.3) is 0 Å². The zero-order chi connectivity index (χ0) is 20.9. The summed E-state index contributed by atoms with van der Waals surface area (Å²) in [6.07, 6.45) is 0.893. The number of hydrogen-bond acceptors (Lipinski definition) is 4. The highest BCUT2D eigenvalue weighted by Crippen LogP contribution is 2.23. The van der Waals surface area contributed by atoms with Crippen LogP contribution in [-0.4, -0.2) is 27.5 Å². The molecule has 0 bridgehead atoms. The Morgan fingerprint density at radius 3 is 2.68 bits per heavy atom. The molecule has 1 heterocycles. The number of rotatable bonds is 7. The van der Waals surface area contributed by atoms with Gasteiger partial charge in [-0.2, -0.15) is 0 Å². The normalized spacial score (nSPS) is 12.5. The van der Waals surface area contributed by atoms with E-state index in [2.05, 4.69) is 44.1 Å². The topological polar surface area (TPSA) is 54.5 Å². The minimum Gasteiger partial charge on any atom is -0.486 e. The van der Waals surface area contributed by atoms with E-state index in [0.29, 0.717) is 13.2 Å². The average molecular weight is 404 g/mol. The van der Waals surface area contributed by atoms with E-state index in [1.165, 1.54) is 5.56 Å². The molecule has 0 aliphatic rings. The molecule has 0 spiro atoms. The van der Waals surface area contributed by atoms with Crippen molar-refractivity contribution in [2.75, 3.05) is 0 Å². The lowest BCUT2D eigenvalue weighted by molar-refractivity contribution is 0.164. The number of benzene rings is 1. The van der Waals surface area contributed by atoms with Crippen LogP contribution in [0.25, 0.3) is 0 Å². The van der Waals surface area contributed by atoms with Gasteiger partial charge in [-0.1, -0.05) is 19.1 Å². The third kappa shape index (κ3) is 6.23. The van der Waals surface area contributed by atoms with Gasteiger partial charge >= 0.3 is 6.03 Å². The van der Waals surface area contributed by atoms with Gasteiger partial charge < -0.3 is 15.0 Å². The Kier molecular flexibility index (Phi) is 7.47. The second-order valence-electron chi connectivity index (χ2n) is 8.28. The van der Waals surface area contributed by atoms with Gasteiger partial charge in [-0.3, -0.25) is 0 Å². The zero-order valence-corrected chi connectivity index (χ0v) is 18.9. The Morgan fingerprint density at radius 1 is 1.32 bits per heavy atom. The van der Waals surface area contributed by atoms with Gasteiger partial charge in [-0.05, 0) is 65.2 Å². The van der Waals surface area contributed by atoms with E-state index in [-0.39, 0.29) is 17.6 Å². The SMILES string of the molecule is CC[C@H](C)N(Cc1csc(COc2cccc(C)c2C)n1)C(=O)NC(C)(C)C. The molecule has 2 amide bonds. The first kappa shape index (κ1) is 22.2. The van der Waals surface area contributed by atoms with Gasteiger partial charge in [-0.25, -0.2) is 9.78 Å². The van der Waals surface area contributed by atoms with Crippen LogP contribution >= 0.6 is 11.3 Å². The Hall–Kier alpha value is -2.08. The molecule has 5 nitrogen and oxygen atoms in total. The Labute approximate surface area is 173 Å². The maximum absolute atomic E-state index is 12.7. The summed E-state index contributed by atoms with van der Waals surface area (Å²) in [6.45, 7) is 15.2. The van der Waals surface area contributed by atoms with Crippen molar-refractivity contribution in [2.45, 2.75) is 79.6 Å². The Bertz CT molecular complexity index is 795. The number of hydrogen-bond donors (Lipinski definition) is 1. The second kappa shape index (κ2) is 9.41. The van der Waals surface area contributed by atoms with Gasteiger partial charge in [0.15, 0.2) is 0 Å². The van der Waals surface area contributed by atoms with Crippen molar-refractivity contribution in [1.82, 2.24) is 15.2 Å². The smallest absolute Gasteiger partial charge is 0.318 e. The molecular weight excluding hydrogens is 370 g/mol. The Morgan fingerprint density at radius 2 is 2.04 bits per heavy atom. The van der Waals surface area contributed by atoms with Crippen LogP contribution in [0.1, 0.15) is 62.9 Å². The molecule has 0 aliphatic carbocycles. The first-order valence-electron chi connectivity index (χ1n) is 9.81. The van der Waals surface area contributed by atoms with Gasteiger partial charge in [0.1, 0.15) is 17.4 Å². The first-order valence-corrected chi connectivity index (χ1v) is 10.7. The largest absolute Gasteiger partial charge is 0.486 e. The quantitative estimate of drug-likeness (QED) is 0.669. The lowest BCUT2D eigenvalue weighted by atomic mass is 10.1. The van der Waals surface area contributed by atoms with E-state index >= 15 is 0 Å². The number of aryl methyl sites for hydroxylation is 1. The molecule has 1 aromatic heterocycles. The monoisotopic (exact) mass is 403 g/mol. The number of nitrogens with one attached hydrogen (secondary N) is 1. The molecule has 2 rings (SSSR count). The zero-order valence-electron chi connectivity index (χ0n) is 18.1. The van der Waals surface area contributed by atoms with E-state index in [1.54, 1.807) is 11.3 Å². The molecular formula is C22H33N3O2S. The molecule has 0 aliphatic heterocycles. The molecule has 154 valence electrons. The molecule has 2 aromatic rings. The molecule has 1 aromatic carbocycles. The van der Waals surface area contributed by atoms with Crippen LogP contribution in [0.4, 0.5) is 4.79 Å². The van der Waals surface area contributed by atoms with E-state index in [1.807, 2.05) is 43.2 Å². The molecule has 1 N–H and O–H groups in total. The summed E-state index contributed by atoms with van der Waals surface area (Å²) in [4.78, 5) is 19.3. The minimum atomic E-state index is -0.268. The van der Waals surface area contributed by atoms with E-state index in [0.717, 1.165) is 28.4 Å². The maximum Gasteiger partial charge on any atom is 0.318 e. The van der Waals surface area contributed by atoms with E-state index in [4.69, 9.17) is 4.74 Å². The molecule has 0 radical (unpaired) electrons. The number of carbonyl (C=O) groups excluding carboxylic acids is 1. The third-order valence-electron chi connectivity index (χ3n) is 4.70. The highest BCUT2D eigenvalue weighted by Gasteiger charge is 2.24. The molecule has 0 unspecified atom stereocenters. The van der Waals surface area contributed by atoms with Gasteiger partial charge in [-0.15, -0.1) is 11.3 Å². The van der Waals surface area contributed by atoms with Crippen LogP contribution in [0.2, 0.25) is 0 Å². The predicted molar refractivity (Wildman–Crippen MR) is 116 cm³/mol. The van der Waals surface area contributed by atoms with Crippen molar-refractivity contribution in [3.05, 3.63) is 45.4 Å². The van der Waals surface area contributed by atoms with Crippen LogP contribution in [0, 0.1) is 13.8 Å². The summed E-state index contributed by atoms with van der Waals surface area (Å²) in [5.74, 6) is 0.891. The van der Waals surface area contributed by atoms with E-state index in [9.17, 15) is 4.79 Å². The Balaban J connectivity index is 2.04. The number of amides is 2. The highest BCUT2D eigenvalue weighted by atomic mass is 32.1. The number of ether oxygens (including phenoxy) is 1. The summed E-state index contributed by atoms with van der Waals surface area (Å²) in [5.41, 5.74) is 3.00. The summed E-state index contributed by atoms with van der Waals surface area (Å²) < 4.78 is 5.96. The van der Waals surface area contributed by atoms with Crippen molar-refractivity contribution in [3.63, 3.8) is 0 Å². The number of urea groups is 1. The van der Waals surface area contributed by atoms with Crippen LogP contribution < -0.4 is 10.1 Å². The van der Waals surface area contributed by atoms with Crippen LogP contribution in [0.3, 0.4) is 0 Å².